The van der Waals surface area contributed by atoms with Crippen LogP contribution in [0.4, 0.5) is 0 Å². The predicted octanol–water partition coefficient (Wildman–Crippen LogP) is 1.35. The maximum atomic E-state index is 11.9. The number of thioether (sulfide) groups is 1. The summed E-state index contributed by atoms with van der Waals surface area (Å²) in [6, 6.07) is 3.73. The highest BCUT2D eigenvalue weighted by Crippen LogP contribution is 2.25. The van der Waals surface area contributed by atoms with Crippen molar-refractivity contribution in [3.63, 3.8) is 0 Å². The Morgan fingerprint density at radius 2 is 2.11 bits per heavy atom. The number of hydrogen-bond donors (Lipinski definition) is 1. The fourth-order valence-electron chi connectivity index (χ4n) is 1.90. The summed E-state index contributed by atoms with van der Waals surface area (Å²) in [5.41, 5.74) is 0. The first-order valence-corrected chi connectivity index (χ1v) is 7.10. The van der Waals surface area contributed by atoms with E-state index in [0.29, 0.717) is 18.8 Å². The number of amides is 1. The van der Waals surface area contributed by atoms with E-state index < -0.39 is 5.97 Å². The van der Waals surface area contributed by atoms with Crippen LogP contribution in [0, 0.1) is 11.8 Å². The zero-order valence-electron chi connectivity index (χ0n) is 10.7. The normalized spacial score (nSPS) is 16.8. The lowest BCUT2D eigenvalue weighted by Crippen LogP contribution is -2.54. The van der Waals surface area contributed by atoms with Gasteiger partial charge in [0.2, 0.25) is 5.91 Å². The number of pyridine rings is 1. The van der Waals surface area contributed by atoms with Gasteiger partial charge in [-0.1, -0.05) is 6.92 Å². The molecule has 1 aliphatic heterocycles. The van der Waals surface area contributed by atoms with Crippen molar-refractivity contribution in [1.29, 1.82) is 0 Å². The summed E-state index contributed by atoms with van der Waals surface area (Å²) in [5, 5.41) is 8.88. The second-order valence-corrected chi connectivity index (χ2v) is 5.71. The van der Waals surface area contributed by atoms with Gasteiger partial charge in [0.05, 0.1) is 11.7 Å². The smallest absolute Gasteiger partial charge is 0.306 e. The Morgan fingerprint density at radius 1 is 1.47 bits per heavy atom. The van der Waals surface area contributed by atoms with Gasteiger partial charge in [-0.05, 0) is 12.1 Å². The van der Waals surface area contributed by atoms with E-state index in [1.54, 1.807) is 24.2 Å². The number of hydrogen-bond acceptors (Lipinski definition) is 4. The number of carbonyl (C=O) groups excluding carboxylic acids is 1. The van der Waals surface area contributed by atoms with Crippen molar-refractivity contribution in [3.8, 4) is 0 Å². The molecule has 1 fully saturated rings. The van der Waals surface area contributed by atoms with Gasteiger partial charge in [0, 0.05) is 36.3 Å². The lowest BCUT2D eigenvalue weighted by Gasteiger charge is -2.41. The van der Waals surface area contributed by atoms with E-state index in [9.17, 15) is 9.59 Å². The number of nitrogens with zero attached hydrogens (tertiary/aromatic N) is 2. The molecule has 1 N–H and O–H groups in total. The summed E-state index contributed by atoms with van der Waals surface area (Å²) in [6.07, 6.45) is 3.39. The van der Waals surface area contributed by atoms with Gasteiger partial charge in [0.15, 0.2) is 0 Å². The first kappa shape index (κ1) is 13.9. The Bertz CT molecular complexity index is 460. The van der Waals surface area contributed by atoms with Gasteiger partial charge >= 0.3 is 5.97 Å². The van der Waals surface area contributed by atoms with Crippen molar-refractivity contribution in [2.45, 2.75) is 11.8 Å². The van der Waals surface area contributed by atoms with E-state index in [1.807, 2.05) is 12.1 Å². The highest BCUT2D eigenvalue weighted by atomic mass is 32.2. The highest BCUT2D eigenvalue weighted by Gasteiger charge is 2.36. The number of likely N-dealkylation sites (tertiary alicyclic amines) is 1. The summed E-state index contributed by atoms with van der Waals surface area (Å²) in [6.45, 7) is 2.81. The van der Waals surface area contributed by atoms with Gasteiger partial charge in [-0.15, -0.1) is 11.8 Å². The van der Waals surface area contributed by atoms with Crippen LogP contribution in [0.3, 0.4) is 0 Å². The van der Waals surface area contributed by atoms with Crippen molar-refractivity contribution < 1.29 is 14.7 Å². The van der Waals surface area contributed by atoms with Crippen LogP contribution in [-0.2, 0) is 9.59 Å². The maximum absolute atomic E-state index is 11.9. The SMILES string of the molecule is CC(C(=O)O)C1CN(C(=O)CSc2ccncc2)C1. The Balaban J connectivity index is 1.73. The first-order chi connectivity index (χ1) is 9.08. The lowest BCUT2D eigenvalue weighted by molar-refractivity contribution is -0.149. The molecule has 2 rings (SSSR count). The number of carbonyl (C=O) groups is 2. The summed E-state index contributed by atoms with van der Waals surface area (Å²) >= 11 is 1.47. The molecule has 1 aromatic heterocycles. The minimum absolute atomic E-state index is 0.0654. The molecule has 2 heterocycles. The molecule has 102 valence electrons. The molecule has 0 aromatic carbocycles. The minimum Gasteiger partial charge on any atom is -0.481 e. The van der Waals surface area contributed by atoms with Crippen LogP contribution >= 0.6 is 11.8 Å². The average Bonchev–Trinajstić information content (AvgIpc) is 2.35. The Hall–Kier alpha value is -1.56. The molecule has 6 heteroatoms. The molecule has 0 aliphatic carbocycles. The molecule has 0 spiro atoms. The van der Waals surface area contributed by atoms with E-state index in [4.69, 9.17) is 5.11 Å². The third-order valence-electron chi connectivity index (χ3n) is 3.37. The molecule has 0 radical (unpaired) electrons. The van der Waals surface area contributed by atoms with Gasteiger partial charge in [0.25, 0.3) is 0 Å². The van der Waals surface area contributed by atoms with Crippen LogP contribution in [0.15, 0.2) is 29.4 Å². The summed E-state index contributed by atoms with van der Waals surface area (Å²) in [4.78, 5) is 29.3. The molecule has 1 amide bonds. The summed E-state index contributed by atoms with van der Waals surface area (Å²) in [5.74, 6) is -0.624. The van der Waals surface area contributed by atoms with Crippen LogP contribution in [-0.4, -0.2) is 45.7 Å². The van der Waals surface area contributed by atoms with Crippen LogP contribution < -0.4 is 0 Å². The molecule has 1 unspecified atom stereocenters. The molecule has 1 aromatic rings. The Morgan fingerprint density at radius 3 is 2.68 bits per heavy atom. The number of carboxylic acids is 1. The summed E-state index contributed by atoms with van der Waals surface area (Å²) in [7, 11) is 0. The fraction of sp³-hybridized carbons (Fsp3) is 0.462. The molecular formula is C13H16N2O3S. The largest absolute Gasteiger partial charge is 0.481 e. The Kier molecular flexibility index (Phi) is 4.42. The van der Waals surface area contributed by atoms with Crippen molar-refractivity contribution in [1.82, 2.24) is 9.88 Å². The van der Waals surface area contributed by atoms with Crippen molar-refractivity contribution in [2.24, 2.45) is 11.8 Å². The molecule has 19 heavy (non-hydrogen) atoms. The number of rotatable bonds is 5. The number of aromatic nitrogens is 1. The minimum atomic E-state index is -0.789. The second-order valence-electron chi connectivity index (χ2n) is 4.66. The molecule has 1 saturated heterocycles. The third-order valence-corrected chi connectivity index (χ3v) is 4.37. The van der Waals surface area contributed by atoms with E-state index in [0.717, 1.165) is 4.90 Å². The standard InChI is InChI=1S/C13H16N2O3S/c1-9(13(17)18)10-6-15(7-10)12(16)8-19-11-2-4-14-5-3-11/h2-5,9-10H,6-8H2,1H3,(H,17,18). The quantitative estimate of drug-likeness (QED) is 0.824. The number of aliphatic carboxylic acids is 1. The topological polar surface area (TPSA) is 70.5 Å². The van der Waals surface area contributed by atoms with Crippen molar-refractivity contribution in [3.05, 3.63) is 24.5 Å². The zero-order chi connectivity index (χ0) is 13.8. The molecule has 1 aliphatic rings. The highest BCUT2D eigenvalue weighted by molar-refractivity contribution is 8.00. The molecule has 5 nitrogen and oxygen atoms in total. The Labute approximate surface area is 116 Å². The molecular weight excluding hydrogens is 264 g/mol. The zero-order valence-corrected chi connectivity index (χ0v) is 11.5. The van der Waals surface area contributed by atoms with Gasteiger partial charge in [-0.2, -0.15) is 0 Å². The van der Waals surface area contributed by atoms with E-state index in [1.165, 1.54) is 11.8 Å². The molecule has 1 atom stereocenters. The number of carboxylic acid groups (broad SMARTS) is 1. The van der Waals surface area contributed by atoms with E-state index >= 15 is 0 Å². The monoisotopic (exact) mass is 280 g/mol. The van der Waals surface area contributed by atoms with Crippen molar-refractivity contribution in [2.75, 3.05) is 18.8 Å². The summed E-state index contributed by atoms with van der Waals surface area (Å²) < 4.78 is 0. The van der Waals surface area contributed by atoms with Gasteiger partial charge < -0.3 is 10.0 Å². The van der Waals surface area contributed by atoms with Gasteiger partial charge in [-0.3, -0.25) is 14.6 Å². The van der Waals surface area contributed by atoms with Crippen LogP contribution in [0.2, 0.25) is 0 Å². The van der Waals surface area contributed by atoms with Crippen LogP contribution in [0.25, 0.3) is 0 Å². The van der Waals surface area contributed by atoms with Gasteiger partial charge in [-0.25, -0.2) is 0 Å². The third kappa shape index (κ3) is 3.47. The maximum Gasteiger partial charge on any atom is 0.306 e. The van der Waals surface area contributed by atoms with Crippen LogP contribution in [0.5, 0.6) is 0 Å². The fourth-order valence-corrected chi connectivity index (χ4v) is 2.69. The van der Waals surface area contributed by atoms with Gasteiger partial charge in [0.1, 0.15) is 0 Å². The van der Waals surface area contributed by atoms with Crippen molar-refractivity contribution >= 4 is 23.6 Å². The lowest BCUT2D eigenvalue weighted by atomic mass is 9.87. The van der Waals surface area contributed by atoms with E-state index in [-0.39, 0.29) is 17.7 Å². The van der Waals surface area contributed by atoms with Crippen LogP contribution in [0.1, 0.15) is 6.92 Å². The molecule has 0 bridgehead atoms. The molecule has 0 saturated carbocycles. The van der Waals surface area contributed by atoms with E-state index in [2.05, 4.69) is 4.98 Å². The first-order valence-electron chi connectivity index (χ1n) is 6.11. The second kappa shape index (κ2) is 6.06. The average molecular weight is 280 g/mol. The predicted molar refractivity (Wildman–Crippen MR) is 71.8 cm³/mol.